The minimum absolute atomic E-state index is 0.441. The second-order valence-corrected chi connectivity index (χ2v) is 4.05. The maximum atomic E-state index is 12.4. The van der Waals surface area contributed by atoms with Crippen molar-refractivity contribution in [3.05, 3.63) is 29.3 Å². The topological polar surface area (TPSA) is 35.2 Å². The van der Waals surface area contributed by atoms with E-state index in [-0.39, 0.29) is 0 Å². The van der Waals surface area contributed by atoms with Crippen molar-refractivity contribution in [2.75, 3.05) is 13.2 Å². The first-order valence-electron chi connectivity index (χ1n) is 5.31. The Morgan fingerprint density at radius 2 is 1.94 bits per heavy atom. The van der Waals surface area contributed by atoms with Crippen molar-refractivity contribution in [2.24, 2.45) is 11.7 Å². The zero-order valence-electron chi connectivity index (χ0n) is 9.84. The third-order valence-corrected chi connectivity index (χ3v) is 2.52. The smallest absolute Gasteiger partial charge is 0.396 e. The van der Waals surface area contributed by atoms with E-state index in [2.05, 4.69) is 0 Å². The molecule has 1 aromatic carbocycles. The molecule has 1 unspecified atom stereocenters. The monoisotopic (exact) mass is 247 g/mol. The highest BCUT2D eigenvalue weighted by Gasteiger charge is 2.39. The van der Waals surface area contributed by atoms with Crippen molar-refractivity contribution >= 4 is 0 Å². The summed E-state index contributed by atoms with van der Waals surface area (Å²) in [6.07, 6.45) is -4.31. The fraction of sp³-hybridized carbons (Fsp3) is 0.500. The fourth-order valence-corrected chi connectivity index (χ4v) is 1.45. The van der Waals surface area contributed by atoms with Crippen LogP contribution in [-0.4, -0.2) is 19.3 Å². The summed E-state index contributed by atoms with van der Waals surface area (Å²) in [5, 5.41) is 0. The van der Waals surface area contributed by atoms with Crippen molar-refractivity contribution in [3.8, 4) is 5.75 Å². The molecule has 0 saturated carbocycles. The highest BCUT2D eigenvalue weighted by atomic mass is 19.4. The van der Waals surface area contributed by atoms with E-state index in [0.29, 0.717) is 5.75 Å². The van der Waals surface area contributed by atoms with Gasteiger partial charge in [-0.05, 0) is 25.5 Å². The molecule has 0 saturated heterocycles. The van der Waals surface area contributed by atoms with Crippen LogP contribution in [0.15, 0.2) is 18.2 Å². The van der Waals surface area contributed by atoms with Crippen LogP contribution in [0, 0.1) is 19.8 Å². The maximum absolute atomic E-state index is 12.4. The second kappa shape index (κ2) is 5.40. The molecule has 0 heterocycles. The van der Waals surface area contributed by atoms with Gasteiger partial charge in [0.05, 0.1) is 0 Å². The number of alkyl halides is 3. The van der Waals surface area contributed by atoms with Gasteiger partial charge < -0.3 is 10.5 Å². The molecule has 1 rings (SSSR count). The number of nitrogens with two attached hydrogens (primary N) is 1. The molecule has 1 atom stereocenters. The number of halogens is 3. The van der Waals surface area contributed by atoms with Crippen molar-refractivity contribution in [1.29, 1.82) is 0 Å². The molecule has 5 heteroatoms. The van der Waals surface area contributed by atoms with Gasteiger partial charge in [-0.15, -0.1) is 0 Å². The van der Waals surface area contributed by atoms with E-state index < -0.39 is 25.2 Å². The third-order valence-electron chi connectivity index (χ3n) is 2.52. The van der Waals surface area contributed by atoms with Gasteiger partial charge in [0.15, 0.2) is 0 Å². The van der Waals surface area contributed by atoms with Crippen molar-refractivity contribution in [1.82, 2.24) is 0 Å². The van der Waals surface area contributed by atoms with E-state index in [1.165, 1.54) is 0 Å². The first-order chi connectivity index (χ1) is 7.84. The molecule has 0 amide bonds. The lowest BCUT2D eigenvalue weighted by molar-refractivity contribution is -0.178. The van der Waals surface area contributed by atoms with Gasteiger partial charge in [-0.2, -0.15) is 13.2 Å². The Kier molecular flexibility index (Phi) is 4.40. The van der Waals surface area contributed by atoms with Crippen molar-refractivity contribution in [2.45, 2.75) is 20.0 Å². The molecule has 0 bridgehead atoms. The minimum Gasteiger partial charge on any atom is -0.493 e. The van der Waals surface area contributed by atoms with Gasteiger partial charge in [0.1, 0.15) is 18.3 Å². The fourth-order valence-electron chi connectivity index (χ4n) is 1.45. The SMILES string of the molecule is Cc1ccc(OCC(CN)C(F)(F)F)c(C)c1. The van der Waals surface area contributed by atoms with Gasteiger partial charge in [-0.1, -0.05) is 17.7 Å². The molecule has 0 aliphatic heterocycles. The number of rotatable bonds is 4. The van der Waals surface area contributed by atoms with Gasteiger partial charge in [0.25, 0.3) is 0 Å². The van der Waals surface area contributed by atoms with Gasteiger partial charge in [-0.3, -0.25) is 0 Å². The highest BCUT2D eigenvalue weighted by Crippen LogP contribution is 2.27. The zero-order chi connectivity index (χ0) is 13.1. The van der Waals surface area contributed by atoms with Crippen LogP contribution in [0.5, 0.6) is 5.75 Å². The van der Waals surface area contributed by atoms with Crippen LogP contribution in [-0.2, 0) is 0 Å². The standard InChI is InChI=1S/C12H16F3NO/c1-8-3-4-11(9(2)5-8)17-7-10(6-16)12(13,14)15/h3-5,10H,6-7,16H2,1-2H3. The number of ether oxygens (including phenoxy) is 1. The Balaban J connectivity index is 2.66. The van der Waals surface area contributed by atoms with E-state index >= 15 is 0 Å². The second-order valence-electron chi connectivity index (χ2n) is 4.05. The average molecular weight is 247 g/mol. The van der Waals surface area contributed by atoms with Crippen LogP contribution in [0.1, 0.15) is 11.1 Å². The molecule has 2 nitrogen and oxygen atoms in total. The maximum Gasteiger partial charge on any atom is 0.396 e. The summed E-state index contributed by atoms with van der Waals surface area (Å²) in [6, 6.07) is 5.34. The summed E-state index contributed by atoms with van der Waals surface area (Å²) < 4.78 is 42.5. The van der Waals surface area contributed by atoms with Gasteiger partial charge in [-0.25, -0.2) is 0 Å². The lowest BCUT2D eigenvalue weighted by atomic mass is 10.1. The van der Waals surface area contributed by atoms with E-state index in [1.54, 1.807) is 19.1 Å². The number of aryl methyl sites for hydroxylation is 2. The molecule has 0 spiro atoms. The zero-order valence-corrected chi connectivity index (χ0v) is 9.84. The molecule has 96 valence electrons. The molecule has 17 heavy (non-hydrogen) atoms. The number of hydrogen-bond acceptors (Lipinski definition) is 2. The third kappa shape index (κ3) is 3.93. The Bertz CT molecular complexity index is 377. The Morgan fingerprint density at radius 1 is 1.29 bits per heavy atom. The van der Waals surface area contributed by atoms with E-state index in [1.807, 2.05) is 13.0 Å². The predicted molar refractivity (Wildman–Crippen MR) is 60.0 cm³/mol. The molecule has 0 radical (unpaired) electrons. The summed E-state index contributed by atoms with van der Waals surface area (Å²) >= 11 is 0. The Morgan fingerprint density at radius 3 is 2.41 bits per heavy atom. The first kappa shape index (κ1) is 13.8. The minimum atomic E-state index is -4.31. The molecular formula is C12H16F3NO. The predicted octanol–water partition coefficient (Wildman–Crippen LogP) is 2.82. The average Bonchev–Trinajstić information content (AvgIpc) is 2.19. The van der Waals surface area contributed by atoms with Crippen molar-refractivity contribution < 1.29 is 17.9 Å². The number of benzene rings is 1. The molecule has 2 N–H and O–H groups in total. The molecule has 0 fully saturated rings. The molecular weight excluding hydrogens is 231 g/mol. The summed E-state index contributed by atoms with van der Waals surface area (Å²) in [4.78, 5) is 0. The lowest BCUT2D eigenvalue weighted by Crippen LogP contribution is -2.35. The first-order valence-corrected chi connectivity index (χ1v) is 5.31. The summed E-state index contributed by atoms with van der Waals surface area (Å²) in [6.45, 7) is 2.81. The van der Waals surface area contributed by atoms with Crippen LogP contribution in [0.2, 0.25) is 0 Å². The van der Waals surface area contributed by atoms with Gasteiger partial charge in [0.2, 0.25) is 0 Å². The van der Waals surface area contributed by atoms with Gasteiger partial charge >= 0.3 is 6.18 Å². The number of hydrogen-bond donors (Lipinski definition) is 1. The molecule has 0 aliphatic carbocycles. The van der Waals surface area contributed by atoms with Crippen molar-refractivity contribution in [3.63, 3.8) is 0 Å². The molecule has 1 aromatic rings. The Hall–Kier alpha value is -1.23. The summed E-state index contributed by atoms with van der Waals surface area (Å²) in [7, 11) is 0. The van der Waals surface area contributed by atoms with Gasteiger partial charge in [0, 0.05) is 6.54 Å². The normalized spacial score (nSPS) is 13.5. The van der Waals surface area contributed by atoms with Crippen LogP contribution in [0.25, 0.3) is 0 Å². The molecule has 0 aromatic heterocycles. The lowest BCUT2D eigenvalue weighted by Gasteiger charge is -2.19. The van der Waals surface area contributed by atoms with Crippen LogP contribution in [0.4, 0.5) is 13.2 Å². The highest BCUT2D eigenvalue weighted by molar-refractivity contribution is 5.35. The van der Waals surface area contributed by atoms with Crippen LogP contribution in [0.3, 0.4) is 0 Å². The quantitative estimate of drug-likeness (QED) is 0.888. The largest absolute Gasteiger partial charge is 0.493 e. The summed E-state index contributed by atoms with van der Waals surface area (Å²) in [5.41, 5.74) is 6.95. The summed E-state index contributed by atoms with van der Waals surface area (Å²) in [5.74, 6) is -1.15. The van der Waals surface area contributed by atoms with Crippen LogP contribution >= 0.6 is 0 Å². The van der Waals surface area contributed by atoms with E-state index in [9.17, 15) is 13.2 Å². The van der Waals surface area contributed by atoms with E-state index in [4.69, 9.17) is 10.5 Å². The Labute approximate surface area is 98.6 Å². The van der Waals surface area contributed by atoms with Crippen LogP contribution < -0.4 is 10.5 Å². The molecule has 0 aliphatic rings. The van der Waals surface area contributed by atoms with E-state index in [0.717, 1.165) is 11.1 Å².